The van der Waals surface area contributed by atoms with Crippen LogP contribution >= 0.6 is 11.3 Å². The van der Waals surface area contributed by atoms with Gasteiger partial charge in [0.2, 0.25) is 0 Å². The molecule has 22 heavy (non-hydrogen) atoms. The zero-order valence-electron chi connectivity index (χ0n) is 12.6. The number of hydrogen-bond donors (Lipinski definition) is 2. The van der Waals surface area contributed by atoms with Gasteiger partial charge in [0, 0.05) is 11.4 Å². The molecule has 0 aliphatic carbocycles. The first kappa shape index (κ1) is 18.3. The van der Waals surface area contributed by atoms with Gasteiger partial charge in [0.1, 0.15) is 10.6 Å². The Morgan fingerprint density at radius 1 is 1.41 bits per heavy atom. The lowest BCUT2D eigenvalue weighted by Gasteiger charge is -2.26. The lowest BCUT2D eigenvalue weighted by molar-refractivity contribution is -0.149. The SMILES string of the molecule is CCC(CC)(CNC(=O)c1sc(C)cc1OC(F)F)C(=O)O. The number of aryl methyl sites for hydroxylation is 1. The first-order chi connectivity index (χ1) is 10.3. The number of aliphatic carboxylic acids is 1. The number of hydrogen-bond acceptors (Lipinski definition) is 4. The van der Waals surface area contributed by atoms with E-state index in [1.807, 2.05) is 0 Å². The fraction of sp³-hybridized carbons (Fsp3) is 0.571. The summed E-state index contributed by atoms with van der Waals surface area (Å²) in [6, 6.07) is 1.36. The number of halogens is 2. The predicted octanol–water partition coefficient (Wildman–Crippen LogP) is 3.28. The molecule has 0 aliphatic heterocycles. The second-order valence-electron chi connectivity index (χ2n) is 4.90. The molecule has 0 radical (unpaired) electrons. The van der Waals surface area contributed by atoms with Crippen molar-refractivity contribution in [2.75, 3.05) is 6.54 Å². The fourth-order valence-electron chi connectivity index (χ4n) is 2.04. The third-order valence-corrected chi connectivity index (χ3v) is 4.67. The van der Waals surface area contributed by atoms with Gasteiger partial charge in [-0.2, -0.15) is 8.78 Å². The molecule has 1 aromatic heterocycles. The third kappa shape index (κ3) is 4.16. The van der Waals surface area contributed by atoms with Gasteiger partial charge in [0.15, 0.2) is 0 Å². The van der Waals surface area contributed by atoms with Crippen molar-refractivity contribution in [2.24, 2.45) is 5.41 Å². The minimum absolute atomic E-state index is 0.0179. The van der Waals surface area contributed by atoms with Gasteiger partial charge in [-0.1, -0.05) is 13.8 Å². The predicted molar refractivity (Wildman–Crippen MR) is 78.7 cm³/mol. The van der Waals surface area contributed by atoms with Crippen molar-refractivity contribution in [3.8, 4) is 5.75 Å². The van der Waals surface area contributed by atoms with Crippen LogP contribution in [0.2, 0.25) is 0 Å². The number of nitrogens with one attached hydrogen (secondary N) is 1. The molecule has 8 heteroatoms. The number of alkyl halides is 2. The minimum atomic E-state index is -3.02. The summed E-state index contributed by atoms with van der Waals surface area (Å²) in [4.78, 5) is 24.2. The number of carbonyl (C=O) groups is 2. The second kappa shape index (κ2) is 7.53. The molecule has 0 unspecified atom stereocenters. The van der Waals surface area contributed by atoms with E-state index in [9.17, 15) is 23.5 Å². The smallest absolute Gasteiger partial charge is 0.387 e. The van der Waals surface area contributed by atoms with Crippen LogP contribution in [0.15, 0.2) is 6.07 Å². The van der Waals surface area contributed by atoms with Gasteiger partial charge < -0.3 is 15.2 Å². The van der Waals surface area contributed by atoms with Crippen LogP contribution in [0, 0.1) is 12.3 Å². The number of ether oxygens (including phenoxy) is 1. The summed E-state index contributed by atoms with van der Waals surface area (Å²) in [6.07, 6.45) is 0.700. The first-order valence-electron chi connectivity index (χ1n) is 6.82. The van der Waals surface area contributed by atoms with E-state index < -0.39 is 23.9 Å². The third-order valence-electron chi connectivity index (χ3n) is 3.64. The summed E-state index contributed by atoms with van der Waals surface area (Å²) in [5.41, 5.74) is -1.06. The fourth-order valence-corrected chi connectivity index (χ4v) is 2.90. The van der Waals surface area contributed by atoms with E-state index in [0.717, 1.165) is 11.3 Å². The molecule has 124 valence electrons. The van der Waals surface area contributed by atoms with E-state index in [-0.39, 0.29) is 17.2 Å². The van der Waals surface area contributed by atoms with Crippen molar-refractivity contribution in [3.63, 3.8) is 0 Å². The zero-order valence-corrected chi connectivity index (χ0v) is 13.4. The average molecular weight is 335 g/mol. The van der Waals surface area contributed by atoms with Gasteiger partial charge in [-0.15, -0.1) is 11.3 Å². The molecule has 1 aromatic rings. The van der Waals surface area contributed by atoms with Crippen LogP contribution < -0.4 is 10.1 Å². The number of carbonyl (C=O) groups excluding carboxylic acids is 1. The van der Waals surface area contributed by atoms with Crippen LogP contribution in [0.5, 0.6) is 5.75 Å². The highest BCUT2D eigenvalue weighted by molar-refractivity contribution is 7.14. The molecule has 1 heterocycles. The Morgan fingerprint density at radius 2 is 2.00 bits per heavy atom. The maximum Gasteiger partial charge on any atom is 0.387 e. The Hall–Kier alpha value is -1.70. The summed E-state index contributed by atoms with van der Waals surface area (Å²) in [5.74, 6) is -1.80. The van der Waals surface area contributed by atoms with Gasteiger partial charge in [0.25, 0.3) is 5.91 Å². The molecule has 0 aliphatic rings. The number of carboxylic acids is 1. The molecule has 2 N–H and O–H groups in total. The number of carboxylic acid groups (broad SMARTS) is 1. The molecule has 0 atom stereocenters. The zero-order chi connectivity index (χ0) is 16.9. The van der Waals surface area contributed by atoms with Crippen LogP contribution in [0.1, 0.15) is 41.2 Å². The van der Waals surface area contributed by atoms with Gasteiger partial charge in [0.05, 0.1) is 5.41 Å². The first-order valence-corrected chi connectivity index (χ1v) is 7.64. The highest BCUT2D eigenvalue weighted by Gasteiger charge is 2.35. The summed E-state index contributed by atoms with van der Waals surface area (Å²) >= 11 is 1.02. The molecule has 0 aromatic carbocycles. The molecule has 0 spiro atoms. The molecule has 1 amide bonds. The van der Waals surface area contributed by atoms with Crippen molar-refractivity contribution in [3.05, 3.63) is 15.8 Å². The quantitative estimate of drug-likeness (QED) is 0.764. The molecule has 0 saturated carbocycles. The molecule has 0 fully saturated rings. The van der Waals surface area contributed by atoms with Crippen molar-refractivity contribution in [1.82, 2.24) is 5.32 Å². The lowest BCUT2D eigenvalue weighted by Crippen LogP contribution is -2.42. The van der Waals surface area contributed by atoms with Gasteiger partial charge >= 0.3 is 12.6 Å². The monoisotopic (exact) mass is 335 g/mol. The average Bonchev–Trinajstić information content (AvgIpc) is 2.79. The highest BCUT2D eigenvalue weighted by atomic mass is 32.1. The maximum absolute atomic E-state index is 12.3. The summed E-state index contributed by atoms with van der Waals surface area (Å²) in [5, 5.41) is 11.8. The Balaban J connectivity index is 2.87. The lowest BCUT2D eigenvalue weighted by atomic mass is 9.82. The Bertz CT molecular complexity index is 541. The summed E-state index contributed by atoms with van der Waals surface area (Å²) in [6.45, 7) is 2.03. The molecule has 0 saturated heterocycles. The number of rotatable bonds is 8. The Labute approximate surface area is 131 Å². The van der Waals surface area contributed by atoms with Gasteiger partial charge in [-0.3, -0.25) is 9.59 Å². The number of thiophene rings is 1. The molecule has 0 bridgehead atoms. The minimum Gasteiger partial charge on any atom is -0.481 e. The van der Waals surface area contributed by atoms with E-state index >= 15 is 0 Å². The van der Waals surface area contributed by atoms with Crippen LogP contribution in [0.4, 0.5) is 8.78 Å². The largest absolute Gasteiger partial charge is 0.481 e. The highest BCUT2D eigenvalue weighted by Crippen LogP contribution is 2.31. The second-order valence-corrected chi connectivity index (χ2v) is 6.16. The summed E-state index contributed by atoms with van der Waals surface area (Å²) in [7, 11) is 0. The topological polar surface area (TPSA) is 75.6 Å². The van der Waals surface area contributed by atoms with E-state index in [0.29, 0.717) is 17.7 Å². The van der Waals surface area contributed by atoms with Crippen molar-refractivity contribution >= 4 is 23.2 Å². The van der Waals surface area contributed by atoms with E-state index in [1.54, 1.807) is 20.8 Å². The Kier molecular flexibility index (Phi) is 6.28. The van der Waals surface area contributed by atoms with E-state index in [1.165, 1.54) is 6.07 Å². The molecular formula is C14H19F2NO4S. The van der Waals surface area contributed by atoms with Crippen LogP contribution in [0.3, 0.4) is 0 Å². The van der Waals surface area contributed by atoms with E-state index in [2.05, 4.69) is 10.1 Å². The van der Waals surface area contributed by atoms with Crippen LogP contribution in [-0.4, -0.2) is 30.1 Å². The maximum atomic E-state index is 12.3. The van der Waals surface area contributed by atoms with Crippen molar-refractivity contribution in [2.45, 2.75) is 40.2 Å². The standard InChI is InChI=1S/C14H19F2NO4S/c1-4-14(5-2,12(19)20)7-17-11(18)10-9(21-13(15)16)6-8(3)22-10/h6,13H,4-5,7H2,1-3H3,(H,17,18)(H,19,20). The van der Waals surface area contributed by atoms with Crippen molar-refractivity contribution in [1.29, 1.82) is 0 Å². The van der Waals surface area contributed by atoms with Crippen LogP contribution in [0.25, 0.3) is 0 Å². The molecule has 5 nitrogen and oxygen atoms in total. The molecular weight excluding hydrogens is 316 g/mol. The van der Waals surface area contributed by atoms with E-state index in [4.69, 9.17) is 0 Å². The molecule has 1 rings (SSSR count). The van der Waals surface area contributed by atoms with Gasteiger partial charge in [-0.25, -0.2) is 0 Å². The number of amides is 1. The Morgan fingerprint density at radius 3 is 2.45 bits per heavy atom. The summed E-state index contributed by atoms with van der Waals surface area (Å²) < 4.78 is 29.0. The normalized spacial score (nSPS) is 11.5. The van der Waals surface area contributed by atoms with Gasteiger partial charge in [-0.05, 0) is 25.8 Å². The van der Waals surface area contributed by atoms with Crippen molar-refractivity contribution < 1.29 is 28.2 Å². The van der Waals surface area contributed by atoms with Crippen LogP contribution in [-0.2, 0) is 4.79 Å².